The summed E-state index contributed by atoms with van der Waals surface area (Å²) in [6.07, 6.45) is 1.99. The average molecular weight is 302 g/mol. The lowest BCUT2D eigenvalue weighted by molar-refractivity contribution is -0.140. The van der Waals surface area contributed by atoms with Gasteiger partial charge in [-0.2, -0.15) is 0 Å². The van der Waals surface area contributed by atoms with Crippen LogP contribution in [0.25, 0.3) is 0 Å². The molecule has 0 aromatic heterocycles. The molecule has 21 heavy (non-hydrogen) atoms. The van der Waals surface area contributed by atoms with E-state index in [9.17, 15) is 9.59 Å². The maximum Gasteiger partial charge on any atom is 0.320 e. The molecule has 0 bridgehead atoms. The van der Waals surface area contributed by atoms with Gasteiger partial charge >= 0.3 is 5.97 Å². The quantitative estimate of drug-likeness (QED) is 0.427. The topological polar surface area (TPSA) is 98.7 Å². The average Bonchev–Trinajstić information content (AvgIpc) is 2.36. The number of carboxylic acids is 1. The third-order valence-corrected chi connectivity index (χ3v) is 3.39. The van der Waals surface area contributed by atoms with E-state index in [1.807, 2.05) is 27.7 Å². The van der Waals surface area contributed by atoms with Crippen molar-refractivity contribution in [3.05, 3.63) is 0 Å². The third-order valence-electron chi connectivity index (χ3n) is 3.39. The van der Waals surface area contributed by atoms with Gasteiger partial charge in [0, 0.05) is 12.6 Å². The molecular formula is C15H30N2O4. The summed E-state index contributed by atoms with van der Waals surface area (Å²) in [6, 6.07) is -0.413. The molecule has 6 nitrogen and oxygen atoms in total. The Labute approximate surface area is 127 Å². The summed E-state index contributed by atoms with van der Waals surface area (Å²) in [7, 11) is 0. The molecule has 0 aliphatic carbocycles. The Morgan fingerprint density at radius 2 is 1.71 bits per heavy atom. The van der Waals surface area contributed by atoms with Gasteiger partial charge < -0.3 is 20.8 Å². The van der Waals surface area contributed by atoms with E-state index in [0.717, 1.165) is 12.8 Å². The number of carboxylic acid groups (broad SMARTS) is 1. The Bertz CT molecular complexity index is 319. The highest BCUT2D eigenvalue weighted by Crippen LogP contribution is 2.10. The van der Waals surface area contributed by atoms with Crippen LogP contribution in [0.1, 0.15) is 47.0 Å². The molecule has 0 aromatic rings. The number of hydrogen-bond donors (Lipinski definition) is 4. The van der Waals surface area contributed by atoms with Crippen molar-refractivity contribution in [1.82, 2.24) is 10.6 Å². The van der Waals surface area contributed by atoms with E-state index in [1.54, 1.807) is 0 Å². The monoisotopic (exact) mass is 302 g/mol. The normalized spacial score (nSPS) is 14.2. The summed E-state index contributed by atoms with van der Waals surface area (Å²) in [5, 5.41) is 24.0. The number of carbonyl (C=O) groups excluding carboxylic acids is 1. The molecule has 4 N–H and O–H groups in total. The van der Waals surface area contributed by atoms with Crippen LogP contribution in [0.2, 0.25) is 0 Å². The second kappa shape index (κ2) is 10.6. The van der Waals surface area contributed by atoms with Gasteiger partial charge in [0.2, 0.25) is 5.91 Å². The van der Waals surface area contributed by atoms with E-state index >= 15 is 0 Å². The van der Waals surface area contributed by atoms with Gasteiger partial charge in [0.15, 0.2) is 0 Å². The summed E-state index contributed by atoms with van der Waals surface area (Å²) in [5.74, 6) is -1.25. The number of aliphatic hydroxyl groups excluding tert-OH is 1. The molecule has 6 heteroatoms. The zero-order valence-corrected chi connectivity index (χ0v) is 13.6. The van der Waals surface area contributed by atoms with E-state index in [4.69, 9.17) is 10.2 Å². The fourth-order valence-corrected chi connectivity index (χ4v) is 2.09. The van der Waals surface area contributed by atoms with Gasteiger partial charge in [-0.25, -0.2) is 0 Å². The first-order valence-corrected chi connectivity index (χ1v) is 7.67. The number of carbonyl (C=O) groups is 2. The van der Waals surface area contributed by atoms with E-state index < -0.39 is 12.0 Å². The molecule has 0 fully saturated rings. The van der Waals surface area contributed by atoms with Gasteiger partial charge in [0.25, 0.3) is 0 Å². The Hall–Kier alpha value is -1.14. The molecule has 0 heterocycles. The molecule has 0 saturated heterocycles. The molecule has 0 rings (SSSR count). The van der Waals surface area contributed by atoms with Crippen LogP contribution < -0.4 is 10.6 Å². The highest BCUT2D eigenvalue weighted by atomic mass is 16.4. The largest absolute Gasteiger partial charge is 0.480 e. The lowest BCUT2D eigenvalue weighted by atomic mass is 9.96. The van der Waals surface area contributed by atoms with Gasteiger partial charge in [-0.15, -0.1) is 0 Å². The molecule has 0 aliphatic rings. The highest BCUT2D eigenvalue weighted by Gasteiger charge is 2.21. The maximum atomic E-state index is 11.8. The molecule has 0 radical (unpaired) electrons. The number of amides is 1. The van der Waals surface area contributed by atoms with Crippen molar-refractivity contribution in [2.75, 3.05) is 13.2 Å². The minimum absolute atomic E-state index is 0.0987. The van der Waals surface area contributed by atoms with E-state index in [-0.39, 0.29) is 30.4 Å². The van der Waals surface area contributed by atoms with Crippen LogP contribution in [0.5, 0.6) is 0 Å². The molecule has 0 aliphatic heterocycles. The molecule has 2 atom stereocenters. The van der Waals surface area contributed by atoms with Crippen molar-refractivity contribution in [1.29, 1.82) is 0 Å². The van der Waals surface area contributed by atoms with E-state index in [1.165, 1.54) is 0 Å². The summed E-state index contributed by atoms with van der Waals surface area (Å²) in [4.78, 5) is 22.8. The second-order valence-electron chi connectivity index (χ2n) is 6.03. The van der Waals surface area contributed by atoms with E-state index in [0.29, 0.717) is 13.0 Å². The molecule has 0 spiro atoms. The molecule has 1 amide bonds. The summed E-state index contributed by atoms with van der Waals surface area (Å²) >= 11 is 0. The fraction of sp³-hybridized carbons (Fsp3) is 0.867. The van der Waals surface area contributed by atoms with Crippen molar-refractivity contribution in [3.63, 3.8) is 0 Å². The van der Waals surface area contributed by atoms with Gasteiger partial charge in [-0.05, 0) is 25.2 Å². The predicted molar refractivity (Wildman–Crippen MR) is 82.0 cm³/mol. The summed E-state index contributed by atoms with van der Waals surface area (Å²) in [5.41, 5.74) is 0. The molecule has 0 unspecified atom stereocenters. The maximum absolute atomic E-state index is 11.8. The minimum atomic E-state index is -0.840. The number of unbranched alkanes of at least 4 members (excludes halogenated alkanes) is 1. The molecule has 0 aromatic carbocycles. The van der Waals surface area contributed by atoms with Crippen LogP contribution in [-0.2, 0) is 9.59 Å². The minimum Gasteiger partial charge on any atom is -0.480 e. The molecule has 124 valence electrons. The van der Waals surface area contributed by atoms with E-state index in [2.05, 4.69) is 10.6 Å². The number of aliphatic carboxylic acids is 1. The smallest absolute Gasteiger partial charge is 0.320 e. The SMILES string of the molecule is CC(C)N[C@@H](CCCCNC(=O)[C@@H](CO)C(C)C)C(=O)O. The zero-order chi connectivity index (χ0) is 16.4. The first-order chi connectivity index (χ1) is 9.79. The molecule has 0 saturated carbocycles. The van der Waals surface area contributed by atoms with Crippen molar-refractivity contribution in [2.24, 2.45) is 11.8 Å². The van der Waals surface area contributed by atoms with Crippen LogP contribution in [0.3, 0.4) is 0 Å². The summed E-state index contributed by atoms with van der Waals surface area (Å²) < 4.78 is 0. The number of aliphatic hydroxyl groups is 1. The van der Waals surface area contributed by atoms with Crippen molar-refractivity contribution >= 4 is 11.9 Å². The third kappa shape index (κ3) is 8.67. The van der Waals surface area contributed by atoms with Crippen LogP contribution in [0.15, 0.2) is 0 Å². The van der Waals surface area contributed by atoms with Crippen molar-refractivity contribution in [3.8, 4) is 0 Å². The van der Waals surface area contributed by atoms with Crippen LogP contribution >= 0.6 is 0 Å². The zero-order valence-electron chi connectivity index (χ0n) is 13.6. The van der Waals surface area contributed by atoms with Gasteiger partial charge in [0.05, 0.1) is 12.5 Å². The predicted octanol–water partition coefficient (Wildman–Crippen LogP) is 0.989. The number of hydrogen-bond acceptors (Lipinski definition) is 4. The first kappa shape index (κ1) is 19.9. The summed E-state index contributed by atoms with van der Waals surface area (Å²) in [6.45, 7) is 7.98. The van der Waals surface area contributed by atoms with Gasteiger partial charge in [-0.1, -0.05) is 27.7 Å². The Morgan fingerprint density at radius 1 is 1.10 bits per heavy atom. The molecular weight excluding hydrogens is 272 g/mol. The highest BCUT2D eigenvalue weighted by molar-refractivity contribution is 5.78. The van der Waals surface area contributed by atoms with Gasteiger partial charge in [-0.3, -0.25) is 9.59 Å². The second-order valence-corrected chi connectivity index (χ2v) is 6.03. The van der Waals surface area contributed by atoms with Crippen molar-refractivity contribution in [2.45, 2.75) is 59.0 Å². The fourth-order valence-electron chi connectivity index (χ4n) is 2.09. The van der Waals surface area contributed by atoms with Crippen molar-refractivity contribution < 1.29 is 19.8 Å². The van der Waals surface area contributed by atoms with Crippen LogP contribution in [-0.4, -0.2) is 47.3 Å². The van der Waals surface area contributed by atoms with Crippen LogP contribution in [0, 0.1) is 11.8 Å². The van der Waals surface area contributed by atoms with Gasteiger partial charge in [0.1, 0.15) is 6.04 Å². The Morgan fingerprint density at radius 3 is 2.14 bits per heavy atom. The number of rotatable bonds is 11. The lowest BCUT2D eigenvalue weighted by Crippen LogP contribution is -2.41. The lowest BCUT2D eigenvalue weighted by Gasteiger charge is -2.18. The van der Waals surface area contributed by atoms with Crippen LogP contribution in [0.4, 0.5) is 0 Å². The Kier molecular flexibility index (Phi) is 9.99. The first-order valence-electron chi connectivity index (χ1n) is 7.67. The number of nitrogens with one attached hydrogen (secondary N) is 2. The Balaban J connectivity index is 3.94. The standard InChI is InChI=1S/C15H30N2O4/c1-10(2)12(9-18)14(19)16-8-6-5-7-13(15(20)21)17-11(3)4/h10-13,17-18H,5-9H2,1-4H3,(H,16,19)(H,20,21)/t12-,13-/m0/s1.